The Balaban J connectivity index is 2.03. The van der Waals surface area contributed by atoms with Crippen molar-refractivity contribution in [3.8, 4) is 0 Å². The van der Waals surface area contributed by atoms with Crippen LogP contribution in [0.5, 0.6) is 0 Å². The number of nitrogens with one attached hydrogen (secondary N) is 2. The van der Waals surface area contributed by atoms with Crippen LogP contribution in [0.2, 0.25) is 0 Å². The first kappa shape index (κ1) is 21.2. The number of amides is 2. The molecule has 0 bridgehead atoms. The molecule has 9 heteroatoms. The molecule has 8 nitrogen and oxygen atoms in total. The molecule has 27 heavy (non-hydrogen) atoms. The van der Waals surface area contributed by atoms with Gasteiger partial charge >= 0.3 is 12.0 Å². The highest BCUT2D eigenvalue weighted by Crippen LogP contribution is 2.19. The van der Waals surface area contributed by atoms with E-state index in [9.17, 15) is 18.0 Å². The topological polar surface area (TPSA) is 116 Å². The molecule has 0 saturated carbocycles. The summed E-state index contributed by atoms with van der Waals surface area (Å²) in [5, 5.41) is 14.0. The Morgan fingerprint density at radius 2 is 1.70 bits per heavy atom. The summed E-state index contributed by atoms with van der Waals surface area (Å²) < 4.78 is 26.9. The van der Waals surface area contributed by atoms with Crippen LogP contribution < -0.4 is 10.6 Å². The molecule has 0 aliphatic carbocycles. The summed E-state index contributed by atoms with van der Waals surface area (Å²) in [5.74, 6) is -1.27. The van der Waals surface area contributed by atoms with Crippen molar-refractivity contribution in [3.63, 3.8) is 0 Å². The summed E-state index contributed by atoms with van der Waals surface area (Å²) in [4.78, 5) is 23.0. The molecule has 1 saturated heterocycles. The molecule has 1 heterocycles. The van der Waals surface area contributed by atoms with Crippen molar-refractivity contribution in [2.75, 3.05) is 13.1 Å². The van der Waals surface area contributed by atoms with Gasteiger partial charge in [0.25, 0.3) is 0 Å². The molecule has 0 radical (unpaired) electrons. The molecule has 1 aliphatic heterocycles. The first-order valence-electron chi connectivity index (χ1n) is 8.96. The third-order valence-electron chi connectivity index (χ3n) is 4.56. The zero-order chi connectivity index (χ0) is 20.1. The molecule has 0 spiro atoms. The van der Waals surface area contributed by atoms with E-state index in [2.05, 4.69) is 10.6 Å². The van der Waals surface area contributed by atoms with Gasteiger partial charge in [0.1, 0.15) is 5.54 Å². The molecule has 1 fully saturated rings. The van der Waals surface area contributed by atoms with Gasteiger partial charge in [0, 0.05) is 19.6 Å². The average molecular weight is 397 g/mol. The summed E-state index contributed by atoms with van der Waals surface area (Å²) in [6.45, 7) is 3.97. The number of carbonyl (C=O) groups is 2. The molecule has 1 aromatic rings. The molecule has 1 aliphatic rings. The number of sulfonamides is 1. The summed E-state index contributed by atoms with van der Waals surface area (Å²) in [5.41, 5.74) is -0.0940. The van der Waals surface area contributed by atoms with E-state index in [4.69, 9.17) is 5.11 Å². The normalized spacial score (nSPS) is 15.9. The van der Waals surface area contributed by atoms with E-state index in [1.165, 1.54) is 18.2 Å². The Morgan fingerprint density at radius 1 is 1.11 bits per heavy atom. The van der Waals surface area contributed by atoms with Crippen molar-refractivity contribution >= 4 is 22.0 Å². The van der Waals surface area contributed by atoms with E-state index >= 15 is 0 Å². The van der Waals surface area contributed by atoms with E-state index in [0.717, 1.165) is 19.3 Å². The molecule has 150 valence electrons. The Kier molecular flexibility index (Phi) is 6.83. The Labute approximate surface area is 160 Å². The molecule has 2 amide bonds. The zero-order valence-corrected chi connectivity index (χ0v) is 16.5. The minimum Gasteiger partial charge on any atom is -0.480 e. The van der Waals surface area contributed by atoms with Gasteiger partial charge in [0.05, 0.1) is 5.75 Å². The fourth-order valence-corrected chi connectivity index (χ4v) is 4.53. The van der Waals surface area contributed by atoms with Crippen LogP contribution in [0.25, 0.3) is 0 Å². The number of nitrogens with zero attached hydrogens (tertiary/aromatic N) is 1. The van der Waals surface area contributed by atoms with Crippen LogP contribution >= 0.6 is 0 Å². The number of carboxylic acids is 1. The highest BCUT2D eigenvalue weighted by atomic mass is 32.2. The van der Waals surface area contributed by atoms with Gasteiger partial charge in [-0.25, -0.2) is 22.3 Å². The second-order valence-corrected chi connectivity index (χ2v) is 9.19. The Bertz CT molecular complexity index is 786. The third kappa shape index (κ3) is 5.93. The average Bonchev–Trinajstić information content (AvgIpc) is 2.61. The summed E-state index contributed by atoms with van der Waals surface area (Å²) in [6.07, 6.45) is 2.80. The van der Waals surface area contributed by atoms with E-state index in [-0.39, 0.29) is 12.3 Å². The number of benzene rings is 1. The second-order valence-electron chi connectivity index (χ2n) is 7.22. The van der Waals surface area contributed by atoms with Crippen molar-refractivity contribution in [1.29, 1.82) is 0 Å². The van der Waals surface area contributed by atoms with Gasteiger partial charge in [-0.1, -0.05) is 30.7 Å². The lowest BCUT2D eigenvalue weighted by Crippen LogP contribution is -2.53. The van der Waals surface area contributed by atoms with E-state index in [1.807, 2.05) is 0 Å². The zero-order valence-electron chi connectivity index (χ0n) is 15.7. The smallest absolute Gasteiger partial charge is 0.328 e. The van der Waals surface area contributed by atoms with Gasteiger partial charge in [0.15, 0.2) is 0 Å². The number of urea groups is 1. The Hall–Kier alpha value is -2.13. The summed E-state index contributed by atoms with van der Waals surface area (Å²) >= 11 is 0. The first-order valence-corrected chi connectivity index (χ1v) is 10.6. The van der Waals surface area contributed by atoms with Gasteiger partial charge < -0.3 is 15.7 Å². The summed E-state index contributed by atoms with van der Waals surface area (Å²) in [6, 6.07) is 6.39. The summed E-state index contributed by atoms with van der Waals surface area (Å²) in [7, 11) is -3.41. The third-order valence-corrected chi connectivity index (χ3v) is 6.39. The van der Waals surface area contributed by atoms with Crippen molar-refractivity contribution in [2.45, 2.75) is 50.9 Å². The highest BCUT2D eigenvalue weighted by Gasteiger charge is 2.29. The van der Waals surface area contributed by atoms with E-state index < -0.39 is 27.6 Å². The van der Waals surface area contributed by atoms with Crippen LogP contribution in [0.3, 0.4) is 0 Å². The van der Waals surface area contributed by atoms with Crippen molar-refractivity contribution < 1.29 is 23.1 Å². The minimum absolute atomic E-state index is 0.104. The van der Waals surface area contributed by atoms with Crippen LogP contribution in [-0.4, -0.2) is 48.5 Å². The SMILES string of the molecule is CC(C)(NC(=O)NCc1ccccc1CS(=O)(=O)N1CCCCC1)C(=O)O. The molecular weight excluding hydrogens is 370 g/mol. The lowest BCUT2D eigenvalue weighted by atomic mass is 10.1. The van der Waals surface area contributed by atoms with Crippen LogP contribution in [0.15, 0.2) is 24.3 Å². The number of piperidine rings is 1. The molecule has 3 N–H and O–H groups in total. The fraction of sp³-hybridized carbons (Fsp3) is 0.556. The number of hydrogen-bond donors (Lipinski definition) is 3. The van der Waals surface area contributed by atoms with Crippen LogP contribution in [0.1, 0.15) is 44.2 Å². The quantitative estimate of drug-likeness (QED) is 0.647. The molecular formula is C18H27N3O5S. The minimum atomic E-state index is -3.41. The largest absolute Gasteiger partial charge is 0.480 e. The van der Waals surface area contributed by atoms with Crippen LogP contribution in [0.4, 0.5) is 4.79 Å². The number of carboxylic acid groups (broad SMARTS) is 1. The van der Waals surface area contributed by atoms with Gasteiger partial charge in [-0.2, -0.15) is 0 Å². The maximum Gasteiger partial charge on any atom is 0.328 e. The molecule has 0 atom stereocenters. The standard InChI is InChI=1S/C18H27N3O5S/c1-18(2,16(22)23)20-17(24)19-12-14-8-4-5-9-15(14)13-27(25,26)21-10-6-3-7-11-21/h4-5,8-9H,3,6-7,10-13H2,1-2H3,(H,22,23)(H2,19,20,24). The van der Waals surface area contributed by atoms with Gasteiger partial charge in [-0.05, 0) is 37.8 Å². The van der Waals surface area contributed by atoms with Gasteiger partial charge in [-0.3, -0.25) is 0 Å². The Morgan fingerprint density at radius 3 is 2.30 bits per heavy atom. The predicted molar refractivity (Wildman–Crippen MR) is 102 cm³/mol. The van der Waals surface area contributed by atoms with Crippen molar-refractivity contribution in [3.05, 3.63) is 35.4 Å². The van der Waals surface area contributed by atoms with E-state index in [1.54, 1.807) is 24.3 Å². The molecule has 0 aromatic heterocycles. The van der Waals surface area contributed by atoms with Crippen molar-refractivity contribution in [2.24, 2.45) is 0 Å². The lowest BCUT2D eigenvalue weighted by molar-refractivity contribution is -0.142. The first-order chi connectivity index (χ1) is 12.6. The monoisotopic (exact) mass is 397 g/mol. The number of hydrogen-bond acceptors (Lipinski definition) is 4. The number of carbonyl (C=O) groups excluding carboxylic acids is 1. The molecule has 0 unspecified atom stereocenters. The van der Waals surface area contributed by atoms with Crippen LogP contribution in [0, 0.1) is 0 Å². The van der Waals surface area contributed by atoms with Gasteiger partial charge in [0.2, 0.25) is 10.0 Å². The second kappa shape index (κ2) is 8.71. The molecule has 1 aromatic carbocycles. The van der Waals surface area contributed by atoms with E-state index in [0.29, 0.717) is 24.2 Å². The fourth-order valence-electron chi connectivity index (χ4n) is 2.86. The number of aliphatic carboxylic acids is 1. The predicted octanol–water partition coefficient (Wildman–Crippen LogP) is 1.66. The maximum absolute atomic E-state index is 12.7. The highest BCUT2D eigenvalue weighted by molar-refractivity contribution is 7.88. The van der Waals surface area contributed by atoms with Gasteiger partial charge in [-0.15, -0.1) is 0 Å². The van der Waals surface area contributed by atoms with Crippen LogP contribution in [-0.2, 0) is 27.1 Å². The molecule has 2 rings (SSSR count). The number of rotatable bonds is 7. The van der Waals surface area contributed by atoms with Crippen molar-refractivity contribution in [1.82, 2.24) is 14.9 Å². The maximum atomic E-state index is 12.7. The lowest BCUT2D eigenvalue weighted by Gasteiger charge is -2.26.